The zero-order chi connectivity index (χ0) is 18.6. The molecule has 1 fully saturated rings. The fourth-order valence-electron chi connectivity index (χ4n) is 3.78. The summed E-state index contributed by atoms with van der Waals surface area (Å²) in [5.41, 5.74) is 3.30. The van der Waals surface area contributed by atoms with Crippen molar-refractivity contribution in [2.24, 2.45) is 0 Å². The van der Waals surface area contributed by atoms with Crippen molar-refractivity contribution in [3.8, 4) is 0 Å². The Morgan fingerprint density at radius 1 is 0.963 bits per heavy atom. The molecule has 1 N–H and O–H groups in total. The van der Waals surface area contributed by atoms with Crippen LogP contribution in [0.2, 0.25) is 0 Å². The number of rotatable bonds is 3. The first kappa shape index (κ1) is 17.6. The van der Waals surface area contributed by atoms with Crippen LogP contribution in [0.1, 0.15) is 41.6 Å². The molecule has 0 bridgehead atoms. The SMILES string of the molecule is O=C1O[C@H](C(=O)Nc2ccc(N3CCCCCC3)cc2)Cc2ccccc21. The highest BCUT2D eigenvalue weighted by Crippen LogP contribution is 2.24. The molecule has 0 saturated carbocycles. The van der Waals surface area contributed by atoms with E-state index in [0.717, 1.165) is 18.7 Å². The standard InChI is InChI=1S/C22H24N2O3/c25-21(20-15-16-7-3-4-8-19(16)22(26)27-20)23-17-9-11-18(12-10-17)24-13-5-1-2-6-14-24/h3-4,7-12,20H,1-2,5-6,13-15H2,(H,23,25)/t20-/m0/s1. The summed E-state index contributed by atoms with van der Waals surface area (Å²) in [7, 11) is 0. The minimum atomic E-state index is -0.794. The third-order valence-electron chi connectivity index (χ3n) is 5.29. The number of cyclic esters (lactones) is 1. The predicted molar refractivity (Wildman–Crippen MR) is 105 cm³/mol. The Kier molecular flexibility index (Phi) is 5.10. The summed E-state index contributed by atoms with van der Waals surface area (Å²) >= 11 is 0. The number of hydrogen-bond donors (Lipinski definition) is 1. The summed E-state index contributed by atoms with van der Waals surface area (Å²) in [4.78, 5) is 27.1. The summed E-state index contributed by atoms with van der Waals surface area (Å²) in [6.45, 7) is 2.17. The maximum absolute atomic E-state index is 12.6. The molecule has 4 rings (SSSR count). The van der Waals surface area contributed by atoms with E-state index in [9.17, 15) is 9.59 Å². The van der Waals surface area contributed by atoms with Gasteiger partial charge in [-0.05, 0) is 48.7 Å². The molecule has 5 heteroatoms. The number of ether oxygens (including phenoxy) is 1. The molecule has 0 spiro atoms. The largest absolute Gasteiger partial charge is 0.448 e. The summed E-state index contributed by atoms with van der Waals surface area (Å²) in [6, 6.07) is 15.2. The van der Waals surface area contributed by atoms with Gasteiger partial charge >= 0.3 is 5.97 Å². The molecule has 2 aliphatic rings. The third kappa shape index (κ3) is 3.97. The Bertz CT molecular complexity index is 824. The van der Waals surface area contributed by atoms with Crippen LogP contribution in [0, 0.1) is 0 Å². The molecule has 1 atom stereocenters. The van der Waals surface area contributed by atoms with Crippen LogP contribution < -0.4 is 10.2 Å². The molecule has 27 heavy (non-hydrogen) atoms. The second-order valence-corrected chi connectivity index (χ2v) is 7.19. The van der Waals surface area contributed by atoms with E-state index in [2.05, 4.69) is 10.2 Å². The lowest BCUT2D eigenvalue weighted by atomic mass is 9.98. The lowest BCUT2D eigenvalue weighted by Crippen LogP contribution is -2.37. The number of nitrogens with one attached hydrogen (secondary N) is 1. The second kappa shape index (κ2) is 7.82. The highest BCUT2D eigenvalue weighted by Gasteiger charge is 2.31. The van der Waals surface area contributed by atoms with Crippen LogP contribution in [0.5, 0.6) is 0 Å². The van der Waals surface area contributed by atoms with Crippen LogP contribution in [-0.4, -0.2) is 31.1 Å². The molecule has 0 aromatic heterocycles. The fraction of sp³-hybridized carbons (Fsp3) is 0.364. The number of benzene rings is 2. The van der Waals surface area contributed by atoms with Crippen molar-refractivity contribution in [1.29, 1.82) is 0 Å². The maximum Gasteiger partial charge on any atom is 0.339 e. The minimum absolute atomic E-state index is 0.291. The van der Waals surface area contributed by atoms with Crippen LogP contribution in [0.4, 0.5) is 11.4 Å². The van der Waals surface area contributed by atoms with Crippen molar-refractivity contribution in [3.63, 3.8) is 0 Å². The minimum Gasteiger partial charge on any atom is -0.448 e. The van der Waals surface area contributed by atoms with Crippen LogP contribution in [0.15, 0.2) is 48.5 Å². The second-order valence-electron chi connectivity index (χ2n) is 7.19. The van der Waals surface area contributed by atoms with Crippen LogP contribution >= 0.6 is 0 Å². The van der Waals surface area contributed by atoms with Gasteiger partial charge in [0.25, 0.3) is 5.91 Å². The van der Waals surface area contributed by atoms with Gasteiger partial charge in [-0.25, -0.2) is 4.79 Å². The van der Waals surface area contributed by atoms with E-state index in [0.29, 0.717) is 17.7 Å². The van der Waals surface area contributed by atoms with E-state index in [1.165, 1.54) is 31.4 Å². The van der Waals surface area contributed by atoms with Gasteiger partial charge in [0.05, 0.1) is 5.56 Å². The molecule has 0 unspecified atom stereocenters. The summed E-state index contributed by atoms with van der Waals surface area (Å²) in [5, 5.41) is 2.87. The Morgan fingerprint density at radius 2 is 1.67 bits per heavy atom. The first-order valence-corrected chi connectivity index (χ1v) is 9.65. The number of carbonyl (C=O) groups is 2. The number of nitrogens with zero attached hydrogens (tertiary/aromatic N) is 1. The van der Waals surface area contributed by atoms with Gasteiger partial charge in [-0.1, -0.05) is 31.0 Å². The van der Waals surface area contributed by atoms with Gasteiger partial charge in [0.2, 0.25) is 0 Å². The van der Waals surface area contributed by atoms with Crippen LogP contribution in [0.3, 0.4) is 0 Å². The monoisotopic (exact) mass is 364 g/mol. The van der Waals surface area contributed by atoms with E-state index in [1.54, 1.807) is 12.1 Å². The molecule has 2 aromatic rings. The first-order valence-electron chi connectivity index (χ1n) is 9.65. The molecule has 2 heterocycles. The van der Waals surface area contributed by atoms with E-state index >= 15 is 0 Å². The predicted octanol–water partition coefficient (Wildman–Crippen LogP) is 3.79. The molecule has 1 saturated heterocycles. The van der Waals surface area contributed by atoms with Crippen LogP contribution in [-0.2, 0) is 16.0 Å². The van der Waals surface area contributed by atoms with Crippen molar-refractivity contribution < 1.29 is 14.3 Å². The number of esters is 1. The van der Waals surface area contributed by atoms with Crippen LogP contribution in [0.25, 0.3) is 0 Å². The number of anilines is 2. The Labute approximate surface area is 159 Å². The Hall–Kier alpha value is -2.82. The summed E-state index contributed by atoms with van der Waals surface area (Å²) in [6.07, 6.45) is 4.67. The van der Waals surface area contributed by atoms with E-state index in [-0.39, 0.29) is 5.91 Å². The van der Waals surface area contributed by atoms with Crippen molar-refractivity contribution in [1.82, 2.24) is 0 Å². The maximum atomic E-state index is 12.6. The molecule has 0 aliphatic carbocycles. The highest BCUT2D eigenvalue weighted by atomic mass is 16.5. The molecule has 5 nitrogen and oxygen atoms in total. The average Bonchev–Trinajstić information content (AvgIpc) is 2.98. The molecular weight excluding hydrogens is 340 g/mol. The fourth-order valence-corrected chi connectivity index (χ4v) is 3.78. The number of hydrogen-bond acceptors (Lipinski definition) is 4. The molecule has 2 aliphatic heterocycles. The highest BCUT2D eigenvalue weighted by molar-refractivity contribution is 6.00. The van der Waals surface area contributed by atoms with Gasteiger partial charge in [-0.2, -0.15) is 0 Å². The topological polar surface area (TPSA) is 58.6 Å². The van der Waals surface area contributed by atoms with E-state index < -0.39 is 12.1 Å². The number of carbonyl (C=O) groups excluding carboxylic acids is 2. The lowest BCUT2D eigenvalue weighted by molar-refractivity contribution is -0.125. The number of amides is 1. The normalized spacial score (nSPS) is 19.6. The Balaban J connectivity index is 1.40. The molecule has 140 valence electrons. The van der Waals surface area contributed by atoms with Gasteiger partial charge in [0.15, 0.2) is 6.10 Å². The zero-order valence-electron chi connectivity index (χ0n) is 15.3. The quantitative estimate of drug-likeness (QED) is 0.842. The van der Waals surface area contributed by atoms with Gasteiger partial charge < -0.3 is 15.0 Å². The zero-order valence-corrected chi connectivity index (χ0v) is 15.3. The van der Waals surface area contributed by atoms with Crippen molar-refractivity contribution in [2.45, 2.75) is 38.2 Å². The molecule has 0 radical (unpaired) electrons. The molecule has 2 aromatic carbocycles. The first-order chi connectivity index (χ1) is 13.2. The third-order valence-corrected chi connectivity index (χ3v) is 5.29. The number of fused-ring (bicyclic) bond motifs is 1. The van der Waals surface area contributed by atoms with Gasteiger partial charge in [0.1, 0.15) is 0 Å². The van der Waals surface area contributed by atoms with Gasteiger partial charge in [-0.3, -0.25) is 4.79 Å². The van der Waals surface area contributed by atoms with Gasteiger partial charge in [0, 0.05) is 30.9 Å². The smallest absolute Gasteiger partial charge is 0.339 e. The average molecular weight is 364 g/mol. The van der Waals surface area contributed by atoms with E-state index in [1.807, 2.05) is 36.4 Å². The summed E-state index contributed by atoms with van der Waals surface area (Å²) < 4.78 is 5.32. The molecular formula is C22H24N2O3. The molecule has 1 amide bonds. The van der Waals surface area contributed by atoms with Crippen molar-refractivity contribution in [3.05, 3.63) is 59.7 Å². The lowest BCUT2D eigenvalue weighted by Gasteiger charge is -2.24. The van der Waals surface area contributed by atoms with Crippen molar-refractivity contribution >= 4 is 23.3 Å². The van der Waals surface area contributed by atoms with E-state index in [4.69, 9.17) is 4.74 Å². The Morgan fingerprint density at radius 3 is 2.41 bits per heavy atom. The van der Waals surface area contributed by atoms with Crippen molar-refractivity contribution in [2.75, 3.05) is 23.3 Å². The van der Waals surface area contributed by atoms with Gasteiger partial charge in [-0.15, -0.1) is 0 Å². The summed E-state index contributed by atoms with van der Waals surface area (Å²) in [5.74, 6) is -0.728.